The first-order valence-corrected chi connectivity index (χ1v) is 5.98. The number of hydrogen-bond donors (Lipinski definition) is 0. The predicted octanol–water partition coefficient (Wildman–Crippen LogP) is 4.39. The third-order valence-electron chi connectivity index (χ3n) is 3.36. The van der Waals surface area contributed by atoms with Crippen LogP contribution in [0.4, 0.5) is 4.39 Å². The van der Waals surface area contributed by atoms with Crippen molar-refractivity contribution in [2.75, 3.05) is 0 Å². The van der Waals surface area contributed by atoms with Crippen molar-refractivity contribution in [3.05, 3.63) is 35.6 Å². The van der Waals surface area contributed by atoms with Gasteiger partial charge in [0.2, 0.25) is 0 Å². The van der Waals surface area contributed by atoms with E-state index in [0.717, 1.165) is 13.1 Å². The topological polar surface area (TPSA) is 0 Å². The van der Waals surface area contributed by atoms with E-state index >= 15 is 0 Å². The highest BCUT2D eigenvalue weighted by Crippen LogP contribution is 2.26. The number of benzene rings is 1. The molecule has 0 amide bonds. The Morgan fingerprint density at radius 1 is 1.07 bits per heavy atom. The van der Waals surface area contributed by atoms with Crippen molar-refractivity contribution in [3.63, 3.8) is 0 Å². The number of hydrogen-bond acceptors (Lipinski definition) is 0. The molecule has 0 saturated carbocycles. The predicted molar refractivity (Wildman–Crippen MR) is 66.1 cm³/mol. The summed E-state index contributed by atoms with van der Waals surface area (Å²) in [6, 6.07) is 7.00. The van der Waals surface area contributed by atoms with Crippen molar-refractivity contribution in [2.45, 2.75) is 45.6 Å². The Hall–Kier alpha value is -0.785. The fourth-order valence-corrected chi connectivity index (χ4v) is 2.41. The number of rotatable bonds is 5. The molecule has 0 unspecified atom stereocenters. The highest BCUT2D eigenvalue weighted by molar-refractivity contribution is 6.60. The molecule has 0 saturated heterocycles. The second-order valence-electron chi connectivity index (χ2n) is 4.14. The van der Waals surface area contributed by atoms with Gasteiger partial charge in [-0.2, -0.15) is 0 Å². The minimum Gasteiger partial charge on any atom is -0.207 e. The minimum atomic E-state index is -0.141. The zero-order valence-corrected chi connectivity index (χ0v) is 9.96. The summed E-state index contributed by atoms with van der Waals surface area (Å²) in [5, 5.41) is 0. The average Bonchev–Trinajstić information content (AvgIpc) is 2.27. The summed E-state index contributed by atoms with van der Waals surface area (Å²) >= 11 is 0. The van der Waals surface area contributed by atoms with Crippen molar-refractivity contribution in [3.8, 4) is 0 Å². The number of halogens is 1. The van der Waals surface area contributed by atoms with Gasteiger partial charge in [0.05, 0.1) is 0 Å². The van der Waals surface area contributed by atoms with Crippen molar-refractivity contribution < 1.29 is 4.39 Å². The normalized spacial score (nSPS) is 12.5. The van der Waals surface area contributed by atoms with Gasteiger partial charge in [0.15, 0.2) is 0 Å². The Bertz CT molecular complexity index is 277. The molecule has 1 aromatic carbocycles. The van der Waals surface area contributed by atoms with Gasteiger partial charge in [0.25, 0.3) is 0 Å². The quantitative estimate of drug-likeness (QED) is 0.626. The maximum atomic E-state index is 12.8. The van der Waals surface area contributed by atoms with Crippen LogP contribution < -0.4 is 0 Å². The summed E-state index contributed by atoms with van der Waals surface area (Å²) in [6.07, 6.45) is 3.54. The molecule has 0 aliphatic rings. The van der Waals surface area contributed by atoms with E-state index in [9.17, 15) is 4.39 Å². The maximum Gasteiger partial charge on any atom is 0.147 e. The summed E-state index contributed by atoms with van der Waals surface area (Å²) in [4.78, 5) is 0. The molecule has 1 aromatic rings. The second kappa shape index (κ2) is 5.94. The molecule has 15 heavy (non-hydrogen) atoms. The molecule has 1 rings (SSSR count). The van der Waals surface area contributed by atoms with E-state index < -0.39 is 0 Å². The Morgan fingerprint density at radius 3 is 2.00 bits per heavy atom. The van der Waals surface area contributed by atoms with E-state index in [2.05, 4.69) is 20.8 Å². The van der Waals surface area contributed by atoms with E-state index in [-0.39, 0.29) is 5.82 Å². The maximum absolute atomic E-state index is 12.8. The highest BCUT2D eigenvalue weighted by atomic mass is 19.1. The van der Waals surface area contributed by atoms with Crippen LogP contribution in [0.5, 0.6) is 0 Å². The average molecular weight is 206 g/mol. The van der Waals surface area contributed by atoms with E-state index in [4.69, 9.17) is 0 Å². The van der Waals surface area contributed by atoms with E-state index in [1.54, 1.807) is 12.1 Å². The zero-order valence-electron chi connectivity index (χ0n) is 9.96. The van der Waals surface area contributed by atoms with Gasteiger partial charge in [-0.25, -0.2) is 4.39 Å². The molecular weight excluding hydrogens is 186 g/mol. The summed E-state index contributed by atoms with van der Waals surface area (Å²) in [5.41, 5.74) is 1.28. The Kier molecular flexibility index (Phi) is 4.87. The smallest absolute Gasteiger partial charge is 0.147 e. The van der Waals surface area contributed by atoms with Gasteiger partial charge < -0.3 is 0 Å². The molecule has 0 nitrogen and oxygen atoms in total. The lowest BCUT2D eigenvalue weighted by Gasteiger charge is -2.21. The molecule has 0 N–H and O–H groups in total. The molecule has 82 valence electrons. The largest absolute Gasteiger partial charge is 0.207 e. The second-order valence-corrected chi connectivity index (χ2v) is 4.14. The van der Waals surface area contributed by atoms with Crippen LogP contribution in [0.2, 0.25) is 12.6 Å². The fraction of sp³-hybridized carbons (Fsp3) is 0.538. The van der Waals surface area contributed by atoms with E-state index in [1.165, 1.54) is 18.2 Å². The lowest BCUT2D eigenvalue weighted by molar-refractivity contribution is 0.626. The standard InChI is InChI=1S/C13H20BF/c1-4-13(14(5-2)6-3)11-7-9-12(15)10-8-11/h7-10,13H,4-6H2,1-3H3/t13-/m0/s1. The van der Waals surface area contributed by atoms with Crippen molar-refractivity contribution in [1.29, 1.82) is 0 Å². The molecule has 0 aliphatic heterocycles. The Balaban J connectivity index is 2.86. The first kappa shape index (κ1) is 12.3. The van der Waals surface area contributed by atoms with E-state index in [1.807, 2.05) is 12.1 Å². The highest BCUT2D eigenvalue weighted by Gasteiger charge is 2.21. The molecule has 0 radical (unpaired) electrons. The Labute approximate surface area is 93.0 Å². The Morgan fingerprint density at radius 2 is 1.60 bits per heavy atom. The lowest BCUT2D eigenvalue weighted by Crippen LogP contribution is -2.21. The molecule has 2 heteroatoms. The molecule has 0 bridgehead atoms. The molecule has 1 atom stereocenters. The molecule has 0 aliphatic carbocycles. The van der Waals surface area contributed by atoms with Gasteiger partial charge in [-0.05, 0) is 17.9 Å². The van der Waals surface area contributed by atoms with Gasteiger partial charge in [-0.1, -0.05) is 57.5 Å². The molecule has 0 aromatic heterocycles. The van der Waals surface area contributed by atoms with Crippen LogP contribution in [-0.4, -0.2) is 6.71 Å². The first-order chi connectivity index (χ1) is 7.22. The molecule has 0 fully saturated rings. The van der Waals surface area contributed by atoms with Gasteiger partial charge in [0, 0.05) is 0 Å². The zero-order chi connectivity index (χ0) is 11.3. The van der Waals surface area contributed by atoms with Gasteiger partial charge in [-0.15, -0.1) is 0 Å². The van der Waals surface area contributed by atoms with Crippen LogP contribution in [0.3, 0.4) is 0 Å². The fourth-order valence-electron chi connectivity index (χ4n) is 2.41. The van der Waals surface area contributed by atoms with Gasteiger partial charge in [0.1, 0.15) is 12.5 Å². The van der Waals surface area contributed by atoms with Crippen LogP contribution in [-0.2, 0) is 0 Å². The summed E-state index contributed by atoms with van der Waals surface area (Å²) in [7, 11) is 0. The van der Waals surface area contributed by atoms with Crippen LogP contribution in [0, 0.1) is 5.82 Å². The molecular formula is C13H20BF. The van der Waals surface area contributed by atoms with Crippen LogP contribution in [0.1, 0.15) is 38.6 Å². The van der Waals surface area contributed by atoms with Crippen LogP contribution >= 0.6 is 0 Å². The molecule has 0 heterocycles. The third kappa shape index (κ3) is 3.08. The SMILES string of the molecule is CCB(CC)[C@@H](CC)c1ccc(F)cc1. The summed E-state index contributed by atoms with van der Waals surface area (Å²) in [6.45, 7) is 7.41. The minimum absolute atomic E-state index is 0.141. The monoisotopic (exact) mass is 206 g/mol. The lowest BCUT2D eigenvalue weighted by atomic mass is 9.36. The summed E-state index contributed by atoms with van der Waals surface area (Å²) < 4.78 is 12.8. The summed E-state index contributed by atoms with van der Waals surface area (Å²) in [5.74, 6) is 0.443. The van der Waals surface area contributed by atoms with Crippen LogP contribution in [0.25, 0.3) is 0 Å². The van der Waals surface area contributed by atoms with Crippen LogP contribution in [0.15, 0.2) is 24.3 Å². The van der Waals surface area contributed by atoms with Crippen molar-refractivity contribution >= 4 is 6.71 Å². The van der Waals surface area contributed by atoms with E-state index in [0.29, 0.717) is 5.82 Å². The van der Waals surface area contributed by atoms with Crippen molar-refractivity contribution in [1.82, 2.24) is 0 Å². The van der Waals surface area contributed by atoms with Crippen molar-refractivity contribution in [2.24, 2.45) is 0 Å². The van der Waals surface area contributed by atoms with Gasteiger partial charge >= 0.3 is 0 Å². The first-order valence-electron chi connectivity index (χ1n) is 5.98. The molecule has 0 spiro atoms. The third-order valence-corrected chi connectivity index (χ3v) is 3.36. The van der Waals surface area contributed by atoms with Gasteiger partial charge in [-0.3, -0.25) is 0 Å².